The predicted molar refractivity (Wildman–Crippen MR) is 107 cm³/mol. The van der Waals surface area contributed by atoms with Gasteiger partial charge in [-0.05, 0) is 47.5 Å². The van der Waals surface area contributed by atoms with E-state index in [0.29, 0.717) is 35.4 Å². The van der Waals surface area contributed by atoms with E-state index in [9.17, 15) is 34.4 Å². The molecule has 0 unspecified atom stereocenters. The van der Waals surface area contributed by atoms with Gasteiger partial charge in [-0.3, -0.25) is 0 Å². The van der Waals surface area contributed by atoms with Crippen LogP contribution in [0, 0.1) is 23.3 Å². The van der Waals surface area contributed by atoms with E-state index in [-0.39, 0.29) is 13.1 Å². The minimum atomic E-state index is -4.18. The minimum Gasteiger partial charge on any atom is -0.207 e. The maximum Gasteiger partial charge on any atom is 0.240 e. The Hall–Kier alpha value is -2.80. The second-order valence-electron chi connectivity index (χ2n) is 6.57. The molecule has 0 bridgehead atoms. The first-order chi connectivity index (χ1) is 15.0. The van der Waals surface area contributed by atoms with E-state index in [1.54, 1.807) is 12.1 Å². The van der Waals surface area contributed by atoms with E-state index in [4.69, 9.17) is 0 Å². The summed E-state index contributed by atoms with van der Waals surface area (Å²) in [6.45, 7) is -0.547. The van der Waals surface area contributed by atoms with Crippen LogP contribution in [0.15, 0.2) is 70.5 Å². The van der Waals surface area contributed by atoms with Crippen LogP contribution < -0.4 is 9.44 Å². The molecule has 0 aromatic heterocycles. The van der Waals surface area contributed by atoms with Crippen molar-refractivity contribution >= 4 is 20.0 Å². The third-order valence-electron chi connectivity index (χ3n) is 4.43. The molecule has 3 aromatic carbocycles. The Morgan fingerprint density at radius 2 is 0.938 bits per heavy atom. The summed E-state index contributed by atoms with van der Waals surface area (Å²) < 4.78 is 107. The summed E-state index contributed by atoms with van der Waals surface area (Å²) in [6, 6.07) is 10.5. The van der Waals surface area contributed by atoms with Crippen molar-refractivity contribution < 1.29 is 34.4 Å². The highest BCUT2D eigenvalue weighted by Gasteiger charge is 2.19. The number of hydrogen-bond donors (Lipinski definition) is 2. The molecule has 0 amide bonds. The van der Waals surface area contributed by atoms with Crippen molar-refractivity contribution in [3.05, 3.63) is 95.1 Å². The van der Waals surface area contributed by atoms with Crippen LogP contribution >= 0.6 is 0 Å². The molecule has 0 aliphatic heterocycles. The first kappa shape index (κ1) is 23.9. The van der Waals surface area contributed by atoms with Crippen LogP contribution in [0.3, 0.4) is 0 Å². The monoisotopic (exact) mass is 488 g/mol. The SMILES string of the molecule is O=S(=O)(NCc1ccccc1CNS(=O)(=O)c1ccc(F)c(F)c1)c1ccc(F)c(F)c1. The summed E-state index contributed by atoms with van der Waals surface area (Å²) >= 11 is 0. The highest BCUT2D eigenvalue weighted by Crippen LogP contribution is 2.17. The fraction of sp³-hybridized carbons (Fsp3) is 0.100. The molecule has 170 valence electrons. The molecule has 6 nitrogen and oxygen atoms in total. The van der Waals surface area contributed by atoms with Crippen LogP contribution in [0.4, 0.5) is 17.6 Å². The van der Waals surface area contributed by atoms with E-state index >= 15 is 0 Å². The molecule has 0 spiro atoms. The van der Waals surface area contributed by atoms with E-state index in [0.717, 1.165) is 12.1 Å². The number of halogens is 4. The molecule has 2 N–H and O–H groups in total. The van der Waals surface area contributed by atoms with Gasteiger partial charge in [0.1, 0.15) is 0 Å². The van der Waals surface area contributed by atoms with Gasteiger partial charge in [0.15, 0.2) is 23.3 Å². The lowest BCUT2D eigenvalue weighted by atomic mass is 10.1. The number of nitrogens with one attached hydrogen (secondary N) is 2. The van der Waals surface area contributed by atoms with Crippen LogP contribution in [-0.2, 0) is 33.1 Å². The third-order valence-corrected chi connectivity index (χ3v) is 7.22. The third kappa shape index (κ3) is 5.51. The van der Waals surface area contributed by atoms with Gasteiger partial charge in [-0.15, -0.1) is 0 Å². The van der Waals surface area contributed by atoms with Gasteiger partial charge >= 0.3 is 0 Å². The topological polar surface area (TPSA) is 92.3 Å². The van der Waals surface area contributed by atoms with Gasteiger partial charge < -0.3 is 0 Å². The molecule has 32 heavy (non-hydrogen) atoms. The molecule has 0 radical (unpaired) electrons. The Morgan fingerprint density at radius 3 is 1.28 bits per heavy atom. The van der Waals surface area contributed by atoms with E-state index < -0.39 is 53.1 Å². The van der Waals surface area contributed by atoms with Gasteiger partial charge in [-0.1, -0.05) is 24.3 Å². The lowest BCUT2D eigenvalue weighted by molar-refractivity contribution is 0.504. The molecule has 0 saturated carbocycles. The second-order valence-corrected chi connectivity index (χ2v) is 10.1. The lowest BCUT2D eigenvalue weighted by Crippen LogP contribution is -2.26. The summed E-state index contributed by atoms with van der Waals surface area (Å²) in [7, 11) is -8.36. The summed E-state index contributed by atoms with van der Waals surface area (Å²) in [4.78, 5) is -0.958. The number of benzene rings is 3. The van der Waals surface area contributed by atoms with Crippen molar-refractivity contribution in [1.82, 2.24) is 9.44 Å². The van der Waals surface area contributed by atoms with Gasteiger partial charge in [0.2, 0.25) is 20.0 Å². The summed E-state index contributed by atoms with van der Waals surface area (Å²) in [5, 5.41) is 0. The quantitative estimate of drug-likeness (QED) is 0.477. The van der Waals surface area contributed by atoms with Crippen LogP contribution in [0.25, 0.3) is 0 Å². The van der Waals surface area contributed by atoms with E-state index in [1.807, 2.05) is 0 Å². The highest BCUT2D eigenvalue weighted by atomic mass is 32.2. The fourth-order valence-electron chi connectivity index (χ4n) is 2.70. The van der Waals surface area contributed by atoms with Crippen molar-refractivity contribution in [3.8, 4) is 0 Å². The largest absolute Gasteiger partial charge is 0.240 e. The smallest absolute Gasteiger partial charge is 0.207 e. The van der Waals surface area contributed by atoms with E-state index in [1.165, 1.54) is 12.1 Å². The molecule has 3 rings (SSSR count). The molecule has 0 aliphatic rings. The van der Waals surface area contributed by atoms with E-state index in [2.05, 4.69) is 9.44 Å². The Labute approximate surface area is 182 Å². The fourth-order valence-corrected chi connectivity index (χ4v) is 4.74. The molecule has 0 atom stereocenters. The number of hydrogen-bond acceptors (Lipinski definition) is 4. The van der Waals surface area contributed by atoms with Crippen LogP contribution in [0.2, 0.25) is 0 Å². The van der Waals surface area contributed by atoms with Crippen molar-refractivity contribution in [2.75, 3.05) is 0 Å². The summed E-state index contributed by atoms with van der Waals surface area (Å²) in [6.07, 6.45) is 0. The number of sulfonamides is 2. The maximum atomic E-state index is 13.4. The Balaban J connectivity index is 1.74. The minimum absolute atomic E-state index is 0.273. The first-order valence-electron chi connectivity index (χ1n) is 8.96. The molecular weight excluding hydrogens is 472 g/mol. The molecule has 12 heteroatoms. The average Bonchev–Trinajstić information content (AvgIpc) is 2.75. The summed E-state index contributed by atoms with van der Waals surface area (Å²) in [5.41, 5.74) is 0.790. The van der Waals surface area contributed by atoms with Crippen LogP contribution in [0.1, 0.15) is 11.1 Å². The first-order valence-corrected chi connectivity index (χ1v) is 11.9. The molecule has 0 fully saturated rings. The second kappa shape index (κ2) is 9.36. The lowest BCUT2D eigenvalue weighted by Gasteiger charge is -2.13. The van der Waals surface area contributed by atoms with Crippen molar-refractivity contribution in [2.24, 2.45) is 0 Å². The van der Waals surface area contributed by atoms with Gasteiger partial charge in [0, 0.05) is 13.1 Å². The standard InChI is InChI=1S/C20H16F4N2O4S2/c21-17-7-5-15(9-19(17)23)31(27,28)25-11-13-3-1-2-4-14(13)12-26-32(29,30)16-6-8-18(22)20(24)10-16/h1-10,25-26H,11-12H2. The van der Waals surface area contributed by atoms with Gasteiger partial charge in [-0.2, -0.15) is 0 Å². The van der Waals surface area contributed by atoms with Crippen LogP contribution in [-0.4, -0.2) is 16.8 Å². The Bertz CT molecular complexity index is 1260. The highest BCUT2D eigenvalue weighted by molar-refractivity contribution is 7.89. The van der Waals surface area contributed by atoms with Crippen LogP contribution in [0.5, 0.6) is 0 Å². The predicted octanol–water partition coefficient (Wildman–Crippen LogP) is 3.20. The molecule has 0 saturated heterocycles. The van der Waals surface area contributed by atoms with Crippen molar-refractivity contribution in [1.29, 1.82) is 0 Å². The maximum absolute atomic E-state index is 13.4. The van der Waals surface area contributed by atoms with Gasteiger partial charge in [0.25, 0.3) is 0 Å². The normalized spacial score (nSPS) is 12.1. The zero-order valence-electron chi connectivity index (χ0n) is 16.1. The molecule has 0 aliphatic carbocycles. The summed E-state index contributed by atoms with van der Waals surface area (Å²) in [5.74, 6) is -5.02. The van der Waals surface area contributed by atoms with Crippen molar-refractivity contribution in [3.63, 3.8) is 0 Å². The zero-order valence-corrected chi connectivity index (χ0v) is 17.8. The average molecular weight is 488 g/mol. The zero-order chi connectivity index (χ0) is 23.5. The van der Waals surface area contributed by atoms with Crippen molar-refractivity contribution in [2.45, 2.75) is 22.9 Å². The molecule has 3 aromatic rings. The Morgan fingerprint density at radius 1 is 0.562 bits per heavy atom. The molecular formula is C20H16F4N2O4S2. The van der Waals surface area contributed by atoms with Gasteiger partial charge in [0.05, 0.1) is 9.79 Å². The Kier molecular flexibility index (Phi) is 6.98. The number of rotatable bonds is 8. The molecule has 0 heterocycles. The van der Waals surface area contributed by atoms with Gasteiger partial charge in [-0.25, -0.2) is 43.8 Å².